The molecular formula is C18H20FNO3. The molecule has 23 heavy (non-hydrogen) atoms. The number of carbonyl (C=O) groups is 1. The molecule has 0 unspecified atom stereocenters. The average Bonchev–Trinajstić information content (AvgIpc) is 2.54. The Morgan fingerprint density at radius 3 is 2.09 bits per heavy atom. The zero-order valence-electron chi connectivity index (χ0n) is 13.0. The topological polar surface area (TPSA) is 60.8 Å². The molecule has 0 aliphatic rings. The Morgan fingerprint density at radius 1 is 1.00 bits per heavy atom. The smallest absolute Gasteiger partial charge is 0.256 e. The lowest BCUT2D eigenvalue weighted by molar-refractivity contribution is 0.0680. The fraction of sp³-hybridized carbons (Fsp3) is 0.278. The third-order valence-electron chi connectivity index (χ3n) is 3.61. The van der Waals surface area contributed by atoms with Gasteiger partial charge >= 0.3 is 0 Å². The van der Waals surface area contributed by atoms with Gasteiger partial charge in [0.25, 0.3) is 5.91 Å². The van der Waals surface area contributed by atoms with Crippen molar-refractivity contribution in [1.29, 1.82) is 0 Å². The van der Waals surface area contributed by atoms with Gasteiger partial charge < -0.3 is 15.1 Å². The highest BCUT2D eigenvalue weighted by Gasteiger charge is 2.19. The summed E-state index contributed by atoms with van der Waals surface area (Å²) in [5, 5.41) is 17.9. The fourth-order valence-electron chi connectivity index (χ4n) is 2.34. The normalized spacial score (nSPS) is 10.6. The molecule has 1 amide bonds. The van der Waals surface area contributed by atoms with Crippen LogP contribution < -0.4 is 0 Å². The first-order valence-corrected chi connectivity index (χ1v) is 7.44. The van der Waals surface area contributed by atoms with Gasteiger partial charge in [0.1, 0.15) is 5.82 Å². The molecule has 2 N–H and O–H groups in total. The molecule has 0 aliphatic carbocycles. The number of amides is 1. The second-order valence-electron chi connectivity index (χ2n) is 5.30. The summed E-state index contributed by atoms with van der Waals surface area (Å²) in [7, 11) is 0. The van der Waals surface area contributed by atoms with Crippen LogP contribution >= 0.6 is 0 Å². The van der Waals surface area contributed by atoms with Crippen LogP contribution in [0, 0.1) is 12.7 Å². The second-order valence-corrected chi connectivity index (χ2v) is 5.30. The molecule has 0 aliphatic heterocycles. The highest BCUT2D eigenvalue weighted by atomic mass is 19.1. The highest BCUT2D eigenvalue weighted by molar-refractivity contribution is 5.95. The summed E-state index contributed by atoms with van der Waals surface area (Å²) in [4.78, 5) is 13.5. The number of hydrogen-bond donors (Lipinski definition) is 2. The molecule has 0 aromatic heterocycles. The summed E-state index contributed by atoms with van der Waals surface area (Å²) in [6.45, 7) is 1.60. The van der Waals surface area contributed by atoms with Crippen LogP contribution in [0.2, 0.25) is 0 Å². The van der Waals surface area contributed by atoms with E-state index in [4.69, 9.17) is 10.2 Å². The first kappa shape index (κ1) is 17.1. The highest BCUT2D eigenvalue weighted by Crippen LogP contribution is 2.23. The van der Waals surface area contributed by atoms with E-state index in [1.807, 2.05) is 31.2 Å². The first-order chi connectivity index (χ1) is 11.1. The number of nitrogens with zero attached hydrogens (tertiary/aromatic N) is 1. The lowest BCUT2D eigenvalue weighted by Gasteiger charge is -2.21. The third-order valence-corrected chi connectivity index (χ3v) is 3.61. The predicted octanol–water partition coefficient (Wildman–Crippen LogP) is 2.23. The number of aryl methyl sites for hydroxylation is 1. The zero-order chi connectivity index (χ0) is 16.8. The standard InChI is InChI=1S/C18H20FNO3/c1-13-2-4-14(5-3-13)15-6-7-16(17(19)12-15)18(23)20(8-10-21)9-11-22/h2-7,12,21-22H,8-11H2,1H3. The van der Waals surface area contributed by atoms with Crippen molar-refractivity contribution in [1.82, 2.24) is 4.90 Å². The summed E-state index contributed by atoms with van der Waals surface area (Å²) >= 11 is 0. The van der Waals surface area contributed by atoms with E-state index >= 15 is 0 Å². The van der Waals surface area contributed by atoms with Crippen molar-refractivity contribution < 1.29 is 19.4 Å². The monoisotopic (exact) mass is 317 g/mol. The van der Waals surface area contributed by atoms with E-state index in [9.17, 15) is 9.18 Å². The van der Waals surface area contributed by atoms with Crippen molar-refractivity contribution >= 4 is 5.91 Å². The van der Waals surface area contributed by atoms with Crippen LogP contribution in [0.5, 0.6) is 0 Å². The number of rotatable bonds is 6. The molecule has 0 fully saturated rings. The minimum absolute atomic E-state index is 0.0541. The lowest BCUT2D eigenvalue weighted by Crippen LogP contribution is -2.36. The SMILES string of the molecule is Cc1ccc(-c2ccc(C(=O)N(CCO)CCO)c(F)c2)cc1. The maximum atomic E-state index is 14.3. The van der Waals surface area contributed by atoms with Crippen LogP contribution in [0.25, 0.3) is 11.1 Å². The Bertz CT molecular complexity index is 664. The molecule has 2 rings (SSSR count). The Balaban J connectivity index is 2.28. The number of carbonyl (C=O) groups excluding carboxylic acids is 1. The third kappa shape index (κ3) is 4.15. The maximum Gasteiger partial charge on any atom is 0.256 e. The Labute approximate surface area is 134 Å². The van der Waals surface area contributed by atoms with Gasteiger partial charge in [-0.2, -0.15) is 0 Å². The molecule has 0 heterocycles. The molecule has 0 saturated carbocycles. The minimum atomic E-state index is -0.617. The number of benzene rings is 2. The van der Waals surface area contributed by atoms with Crippen LogP contribution in [-0.4, -0.2) is 47.3 Å². The molecule has 0 spiro atoms. The van der Waals surface area contributed by atoms with Crippen molar-refractivity contribution in [2.45, 2.75) is 6.92 Å². The van der Waals surface area contributed by atoms with Gasteiger partial charge in [0.15, 0.2) is 0 Å². The Hall–Kier alpha value is -2.24. The van der Waals surface area contributed by atoms with Gasteiger partial charge in [-0.05, 0) is 30.2 Å². The van der Waals surface area contributed by atoms with E-state index < -0.39 is 11.7 Å². The summed E-state index contributed by atoms with van der Waals surface area (Å²) in [6.07, 6.45) is 0. The largest absolute Gasteiger partial charge is 0.395 e. The predicted molar refractivity (Wildman–Crippen MR) is 86.6 cm³/mol. The van der Waals surface area contributed by atoms with Crippen LogP contribution in [0.1, 0.15) is 15.9 Å². The van der Waals surface area contributed by atoms with Crippen molar-refractivity contribution in [3.05, 3.63) is 59.4 Å². The summed E-state index contributed by atoms with van der Waals surface area (Å²) in [5.41, 5.74) is 2.61. The van der Waals surface area contributed by atoms with E-state index in [0.717, 1.165) is 11.1 Å². The molecule has 0 saturated heterocycles. The van der Waals surface area contributed by atoms with Crippen molar-refractivity contribution in [2.24, 2.45) is 0 Å². The van der Waals surface area contributed by atoms with E-state index in [2.05, 4.69) is 0 Å². The molecule has 122 valence electrons. The van der Waals surface area contributed by atoms with Crippen LogP contribution in [0.4, 0.5) is 4.39 Å². The molecule has 2 aromatic rings. The maximum absolute atomic E-state index is 14.3. The molecule has 4 nitrogen and oxygen atoms in total. The van der Waals surface area contributed by atoms with E-state index in [1.54, 1.807) is 6.07 Å². The van der Waals surface area contributed by atoms with Crippen molar-refractivity contribution in [3.8, 4) is 11.1 Å². The number of aliphatic hydroxyl groups excluding tert-OH is 2. The first-order valence-electron chi connectivity index (χ1n) is 7.44. The number of hydrogen-bond acceptors (Lipinski definition) is 3. The van der Waals surface area contributed by atoms with E-state index in [0.29, 0.717) is 5.56 Å². The van der Waals surface area contributed by atoms with Crippen molar-refractivity contribution in [3.63, 3.8) is 0 Å². The molecule has 2 aromatic carbocycles. The number of halogens is 1. The van der Waals surface area contributed by atoms with Crippen LogP contribution in [-0.2, 0) is 0 Å². The van der Waals surface area contributed by atoms with E-state index in [-0.39, 0.29) is 31.9 Å². The molecular weight excluding hydrogens is 297 g/mol. The van der Waals surface area contributed by atoms with Gasteiger partial charge in [0.2, 0.25) is 0 Å². The molecule has 5 heteroatoms. The minimum Gasteiger partial charge on any atom is -0.395 e. The molecule has 0 bridgehead atoms. The van der Waals surface area contributed by atoms with Gasteiger partial charge in [0, 0.05) is 13.1 Å². The summed E-state index contributed by atoms with van der Waals surface area (Å²) in [6, 6.07) is 12.1. The van der Waals surface area contributed by atoms with Gasteiger partial charge in [-0.15, -0.1) is 0 Å². The average molecular weight is 317 g/mol. The summed E-state index contributed by atoms with van der Waals surface area (Å²) < 4.78 is 14.3. The summed E-state index contributed by atoms with van der Waals surface area (Å²) in [5.74, 6) is -1.16. The van der Waals surface area contributed by atoms with Crippen LogP contribution in [0.15, 0.2) is 42.5 Å². The lowest BCUT2D eigenvalue weighted by atomic mass is 10.0. The van der Waals surface area contributed by atoms with Crippen molar-refractivity contribution in [2.75, 3.05) is 26.3 Å². The van der Waals surface area contributed by atoms with Gasteiger partial charge in [-0.3, -0.25) is 4.79 Å². The quantitative estimate of drug-likeness (QED) is 0.859. The van der Waals surface area contributed by atoms with Gasteiger partial charge in [0.05, 0.1) is 18.8 Å². The number of aliphatic hydroxyl groups is 2. The van der Waals surface area contributed by atoms with Gasteiger partial charge in [-0.25, -0.2) is 4.39 Å². The van der Waals surface area contributed by atoms with E-state index in [1.165, 1.54) is 17.0 Å². The van der Waals surface area contributed by atoms with Crippen LogP contribution in [0.3, 0.4) is 0 Å². The second kappa shape index (κ2) is 7.85. The fourth-order valence-corrected chi connectivity index (χ4v) is 2.34. The van der Waals surface area contributed by atoms with Gasteiger partial charge in [-0.1, -0.05) is 35.9 Å². The zero-order valence-corrected chi connectivity index (χ0v) is 13.0. The molecule has 0 radical (unpaired) electrons. The molecule has 0 atom stereocenters. The Kier molecular flexibility index (Phi) is 5.84. The Morgan fingerprint density at radius 2 is 1.57 bits per heavy atom.